The first kappa shape index (κ1) is 19.0. The maximum absolute atomic E-state index is 6.08. The van der Waals surface area contributed by atoms with Gasteiger partial charge in [-0.3, -0.25) is 4.98 Å². The van der Waals surface area contributed by atoms with E-state index in [1.54, 1.807) is 17.8 Å². The minimum atomic E-state index is 0.232. The van der Waals surface area contributed by atoms with Gasteiger partial charge >= 0.3 is 0 Å². The van der Waals surface area contributed by atoms with Gasteiger partial charge in [-0.1, -0.05) is 12.1 Å². The van der Waals surface area contributed by atoms with E-state index in [1.807, 2.05) is 36.4 Å². The van der Waals surface area contributed by atoms with E-state index in [4.69, 9.17) is 14.6 Å². The standard InChI is InChI=1S/C24H21N5O2/c1-15-4-5-17(12-16(15)2)20-8-9-23-26-27-24(29(23)28-20)14-31-22-10-11-25-21-13-18(30-3)6-7-19(21)22/h4-13H,14H2,1-3H3. The Labute approximate surface area is 179 Å². The average Bonchev–Trinajstić information content (AvgIpc) is 3.21. The number of rotatable bonds is 5. The lowest BCUT2D eigenvalue weighted by atomic mass is 10.0. The van der Waals surface area contributed by atoms with Gasteiger partial charge in [-0.2, -0.15) is 9.61 Å². The Balaban J connectivity index is 1.46. The Morgan fingerprint density at radius 3 is 2.65 bits per heavy atom. The van der Waals surface area contributed by atoms with Gasteiger partial charge in [-0.25, -0.2) is 0 Å². The van der Waals surface area contributed by atoms with Crippen LogP contribution in [0.1, 0.15) is 17.0 Å². The molecule has 0 aliphatic rings. The van der Waals surface area contributed by atoms with Crippen LogP contribution in [0.4, 0.5) is 0 Å². The lowest BCUT2D eigenvalue weighted by Crippen LogP contribution is -2.05. The third-order valence-corrected chi connectivity index (χ3v) is 5.40. The maximum Gasteiger partial charge on any atom is 0.192 e. The number of ether oxygens (including phenoxy) is 2. The summed E-state index contributed by atoms with van der Waals surface area (Å²) in [6.07, 6.45) is 1.72. The van der Waals surface area contributed by atoms with Gasteiger partial charge < -0.3 is 9.47 Å². The zero-order chi connectivity index (χ0) is 21.4. The van der Waals surface area contributed by atoms with Gasteiger partial charge in [0.05, 0.1) is 18.3 Å². The number of hydrogen-bond acceptors (Lipinski definition) is 6. The van der Waals surface area contributed by atoms with Crippen LogP contribution in [0.2, 0.25) is 0 Å². The third kappa shape index (κ3) is 3.54. The van der Waals surface area contributed by atoms with Gasteiger partial charge in [-0.05, 0) is 61.4 Å². The second-order valence-corrected chi connectivity index (χ2v) is 7.38. The van der Waals surface area contributed by atoms with Crippen LogP contribution in [-0.2, 0) is 6.61 Å². The number of benzene rings is 2. The second-order valence-electron chi connectivity index (χ2n) is 7.38. The van der Waals surface area contributed by atoms with E-state index in [1.165, 1.54) is 11.1 Å². The zero-order valence-corrected chi connectivity index (χ0v) is 17.5. The first-order chi connectivity index (χ1) is 15.1. The predicted molar refractivity (Wildman–Crippen MR) is 118 cm³/mol. The molecule has 7 heteroatoms. The number of methoxy groups -OCH3 is 1. The van der Waals surface area contributed by atoms with Crippen molar-refractivity contribution in [2.24, 2.45) is 0 Å². The van der Waals surface area contributed by atoms with Crippen molar-refractivity contribution in [3.63, 3.8) is 0 Å². The van der Waals surface area contributed by atoms with Gasteiger partial charge in [-0.15, -0.1) is 10.2 Å². The van der Waals surface area contributed by atoms with Crippen LogP contribution in [0, 0.1) is 13.8 Å². The second kappa shape index (κ2) is 7.68. The molecule has 0 fully saturated rings. The van der Waals surface area contributed by atoms with E-state index >= 15 is 0 Å². The first-order valence-electron chi connectivity index (χ1n) is 9.97. The Morgan fingerprint density at radius 1 is 0.903 bits per heavy atom. The highest BCUT2D eigenvalue weighted by atomic mass is 16.5. The molecule has 3 heterocycles. The number of pyridine rings is 1. The number of aryl methyl sites for hydroxylation is 2. The summed E-state index contributed by atoms with van der Waals surface area (Å²) in [6.45, 7) is 4.43. The molecule has 0 bridgehead atoms. The fourth-order valence-electron chi connectivity index (χ4n) is 3.47. The van der Waals surface area contributed by atoms with Crippen molar-refractivity contribution in [2.75, 3.05) is 7.11 Å². The molecule has 31 heavy (non-hydrogen) atoms. The minimum Gasteiger partial charge on any atom is -0.497 e. The van der Waals surface area contributed by atoms with Crippen LogP contribution in [0.5, 0.6) is 11.5 Å². The first-order valence-corrected chi connectivity index (χ1v) is 9.97. The molecule has 0 saturated carbocycles. The smallest absolute Gasteiger partial charge is 0.192 e. The summed E-state index contributed by atoms with van der Waals surface area (Å²) in [4.78, 5) is 4.40. The number of hydrogen-bond donors (Lipinski definition) is 0. The molecule has 0 N–H and O–H groups in total. The summed E-state index contributed by atoms with van der Waals surface area (Å²) in [6, 6.07) is 17.8. The molecule has 0 amide bonds. The molecule has 0 aliphatic heterocycles. The summed E-state index contributed by atoms with van der Waals surface area (Å²) in [5, 5.41) is 14.2. The van der Waals surface area contributed by atoms with Crippen LogP contribution < -0.4 is 9.47 Å². The van der Waals surface area contributed by atoms with Crippen molar-refractivity contribution in [3.05, 3.63) is 77.7 Å². The molecule has 0 spiro atoms. The maximum atomic E-state index is 6.08. The summed E-state index contributed by atoms with van der Waals surface area (Å²) in [5.41, 5.74) is 5.88. The highest BCUT2D eigenvalue weighted by Crippen LogP contribution is 2.28. The highest BCUT2D eigenvalue weighted by Gasteiger charge is 2.12. The molecule has 0 atom stereocenters. The van der Waals surface area contributed by atoms with Crippen molar-refractivity contribution in [1.82, 2.24) is 24.8 Å². The van der Waals surface area contributed by atoms with E-state index in [9.17, 15) is 0 Å². The summed E-state index contributed by atoms with van der Waals surface area (Å²) < 4.78 is 13.1. The lowest BCUT2D eigenvalue weighted by molar-refractivity contribution is 0.296. The van der Waals surface area contributed by atoms with Crippen molar-refractivity contribution in [2.45, 2.75) is 20.5 Å². The molecule has 0 aliphatic carbocycles. The molecule has 0 unspecified atom stereocenters. The normalized spacial score (nSPS) is 11.2. The molecule has 154 valence electrons. The van der Waals surface area contributed by atoms with Gasteiger partial charge in [0.15, 0.2) is 11.5 Å². The van der Waals surface area contributed by atoms with Gasteiger partial charge in [0, 0.05) is 23.2 Å². The third-order valence-electron chi connectivity index (χ3n) is 5.40. The van der Waals surface area contributed by atoms with Crippen LogP contribution >= 0.6 is 0 Å². The van der Waals surface area contributed by atoms with E-state index < -0.39 is 0 Å². The average molecular weight is 411 g/mol. The fraction of sp³-hybridized carbons (Fsp3) is 0.167. The molecule has 2 aromatic carbocycles. The Hall–Kier alpha value is -4.00. The lowest BCUT2D eigenvalue weighted by Gasteiger charge is -2.09. The zero-order valence-electron chi connectivity index (χ0n) is 17.5. The van der Waals surface area contributed by atoms with E-state index in [0.717, 1.165) is 33.7 Å². The molecule has 3 aromatic heterocycles. The molecule has 0 saturated heterocycles. The minimum absolute atomic E-state index is 0.232. The SMILES string of the molecule is COc1ccc2c(OCc3nnc4ccc(-c5ccc(C)c(C)c5)nn34)ccnc2c1. The molecule has 0 radical (unpaired) electrons. The summed E-state index contributed by atoms with van der Waals surface area (Å²) in [7, 11) is 1.64. The van der Waals surface area contributed by atoms with E-state index in [-0.39, 0.29) is 6.61 Å². The largest absolute Gasteiger partial charge is 0.497 e. The molecule has 5 aromatic rings. The van der Waals surface area contributed by atoms with Crippen molar-refractivity contribution < 1.29 is 9.47 Å². The van der Waals surface area contributed by atoms with Crippen LogP contribution in [0.15, 0.2) is 60.8 Å². The van der Waals surface area contributed by atoms with Gasteiger partial charge in [0.2, 0.25) is 0 Å². The number of aromatic nitrogens is 5. The molecule has 7 nitrogen and oxygen atoms in total. The Morgan fingerprint density at radius 2 is 1.81 bits per heavy atom. The van der Waals surface area contributed by atoms with Crippen molar-refractivity contribution in [3.8, 4) is 22.8 Å². The number of nitrogens with zero attached hydrogens (tertiary/aromatic N) is 5. The van der Waals surface area contributed by atoms with Gasteiger partial charge in [0.1, 0.15) is 18.1 Å². The monoisotopic (exact) mass is 411 g/mol. The van der Waals surface area contributed by atoms with Gasteiger partial charge in [0.25, 0.3) is 0 Å². The fourth-order valence-corrected chi connectivity index (χ4v) is 3.47. The van der Waals surface area contributed by atoms with Crippen LogP contribution in [0.25, 0.3) is 27.8 Å². The number of fused-ring (bicyclic) bond motifs is 2. The Bertz CT molecular complexity index is 1410. The van der Waals surface area contributed by atoms with Crippen LogP contribution in [0.3, 0.4) is 0 Å². The highest BCUT2D eigenvalue weighted by molar-refractivity contribution is 5.85. The molecule has 5 rings (SSSR count). The summed E-state index contributed by atoms with van der Waals surface area (Å²) >= 11 is 0. The van der Waals surface area contributed by atoms with E-state index in [2.05, 4.69) is 47.2 Å². The molecular weight excluding hydrogens is 390 g/mol. The predicted octanol–water partition coefficient (Wildman–Crippen LogP) is 4.54. The Kier molecular flexibility index (Phi) is 4.71. The van der Waals surface area contributed by atoms with Crippen LogP contribution in [-0.4, -0.2) is 31.9 Å². The summed E-state index contributed by atoms with van der Waals surface area (Å²) in [5.74, 6) is 2.09. The molecular formula is C24H21N5O2. The van der Waals surface area contributed by atoms with Crippen molar-refractivity contribution >= 4 is 16.6 Å². The van der Waals surface area contributed by atoms with E-state index in [0.29, 0.717) is 11.5 Å². The topological polar surface area (TPSA) is 74.4 Å². The quantitative estimate of drug-likeness (QED) is 0.423. The van der Waals surface area contributed by atoms with Crippen molar-refractivity contribution in [1.29, 1.82) is 0 Å².